The number of aromatic carboxylic acids is 1. The summed E-state index contributed by atoms with van der Waals surface area (Å²) in [5, 5.41) is 11.3. The smallest absolute Gasteiger partial charge is 0.335 e. The highest BCUT2D eigenvalue weighted by molar-refractivity contribution is 7.92. The highest BCUT2D eigenvalue weighted by Crippen LogP contribution is 2.18. The van der Waals surface area contributed by atoms with Crippen LogP contribution in [-0.2, 0) is 14.6 Å². The number of amides is 1. The Morgan fingerprint density at radius 2 is 1.95 bits per heavy atom. The van der Waals surface area contributed by atoms with Gasteiger partial charge in [0.05, 0.1) is 10.5 Å². The third kappa shape index (κ3) is 3.78. The van der Waals surface area contributed by atoms with Gasteiger partial charge in [-0.3, -0.25) is 4.79 Å². The maximum absolute atomic E-state index is 12.1. The fourth-order valence-corrected chi connectivity index (χ4v) is 3.03. The van der Waals surface area contributed by atoms with E-state index in [-0.39, 0.29) is 10.5 Å². The van der Waals surface area contributed by atoms with Crippen molar-refractivity contribution in [1.82, 2.24) is 5.32 Å². The highest BCUT2D eigenvalue weighted by Gasteiger charge is 2.22. The monoisotopic (exact) mass is 285 g/mol. The molecule has 0 fully saturated rings. The summed E-state index contributed by atoms with van der Waals surface area (Å²) in [4.78, 5) is 22.1. The zero-order valence-corrected chi connectivity index (χ0v) is 11.5. The maximum Gasteiger partial charge on any atom is 0.335 e. The van der Waals surface area contributed by atoms with E-state index in [0.717, 1.165) is 6.07 Å². The Labute approximate surface area is 111 Å². The van der Waals surface area contributed by atoms with E-state index in [1.54, 1.807) is 13.8 Å². The highest BCUT2D eigenvalue weighted by atomic mass is 32.2. The molecule has 0 aliphatic carbocycles. The van der Waals surface area contributed by atoms with E-state index in [0.29, 0.717) is 12.1 Å². The molecular weight excluding hydrogens is 270 g/mol. The lowest BCUT2D eigenvalue weighted by Crippen LogP contribution is -2.30. The minimum Gasteiger partial charge on any atom is -0.478 e. The lowest BCUT2D eigenvalue weighted by molar-refractivity contribution is -0.118. The Kier molecular flexibility index (Phi) is 4.66. The maximum atomic E-state index is 12.1. The van der Waals surface area contributed by atoms with Crippen molar-refractivity contribution in [3.63, 3.8) is 0 Å². The molecule has 0 heterocycles. The Hall–Kier alpha value is -1.89. The molecule has 0 unspecified atom stereocenters. The minimum absolute atomic E-state index is 0.125. The van der Waals surface area contributed by atoms with Crippen molar-refractivity contribution >= 4 is 21.7 Å². The van der Waals surface area contributed by atoms with Crippen LogP contribution in [0.5, 0.6) is 0 Å². The van der Waals surface area contributed by atoms with Crippen molar-refractivity contribution in [2.24, 2.45) is 0 Å². The molecule has 2 N–H and O–H groups in total. The molecule has 1 amide bonds. The van der Waals surface area contributed by atoms with E-state index in [1.165, 1.54) is 12.1 Å². The predicted octanol–water partition coefficient (Wildman–Crippen LogP) is 0.603. The molecule has 104 valence electrons. The first-order valence-corrected chi connectivity index (χ1v) is 7.26. The van der Waals surface area contributed by atoms with Gasteiger partial charge < -0.3 is 10.4 Å². The molecule has 6 nitrogen and oxygen atoms in total. The molecule has 0 atom stereocenters. The fourth-order valence-electron chi connectivity index (χ4n) is 1.57. The van der Waals surface area contributed by atoms with Crippen LogP contribution in [0.4, 0.5) is 0 Å². The van der Waals surface area contributed by atoms with Crippen LogP contribution in [0.25, 0.3) is 0 Å². The molecule has 1 aromatic carbocycles. The predicted molar refractivity (Wildman–Crippen MR) is 68.9 cm³/mol. The summed E-state index contributed by atoms with van der Waals surface area (Å²) in [6, 6.07) is 3.81. The number of hydrogen-bond donors (Lipinski definition) is 2. The molecule has 0 radical (unpaired) electrons. The summed E-state index contributed by atoms with van der Waals surface area (Å²) in [5.41, 5.74) is 0.286. The average Bonchev–Trinajstić information content (AvgIpc) is 2.28. The van der Waals surface area contributed by atoms with Crippen LogP contribution in [0.1, 0.15) is 22.8 Å². The van der Waals surface area contributed by atoms with E-state index >= 15 is 0 Å². The first-order valence-electron chi connectivity index (χ1n) is 5.61. The standard InChI is InChI=1S/C12H15NO5S/c1-3-13-11(14)7-19(17,18)10-6-9(12(15)16)5-4-8(10)2/h4-6H,3,7H2,1-2H3,(H,13,14)(H,15,16). The number of aryl methyl sites for hydroxylation is 1. The van der Waals surface area contributed by atoms with Crippen molar-refractivity contribution in [2.75, 3.05) is 12.3 Å². The van der Waals surface area contributed by atoms with Crippen LogP contribution in [-0.4, -0.2) is 37.7 Å². The Morgan fingerprint density at radius 1 is 1.32 bits per heavy atom. The topological polar surface area (TPSA) is 101 Å². The number of hydrogen-bond acceptors (Lipinski definition) is 4. The minimum atomic E-state index is -3.84. The number of carbonyl (C=O) groups is 2. The molecule has 1 aromatic rings. The number of carboxylic acid groups (broad SMARTS) is 1. The molecule has 19 heavy (non-hydrogen) atoms. The third-order valence-electron chi connectivity index (χ3n) is 2.47. The van der Waals surface area contributed by atoms with Crippen LogP contribution in [0.3, 0.4) is 0 Å². The SMILES string of the molecule is CCNC(=O)CS(=O)(=O)c1cc(C(=O)O)ccc1C. The molecule has 0 aromatic heterocycles. The van der Waals surface area contributed by atoms with Gasteiger partial charge in [-0.25, -0.2) is 13.2 Å². The molecule has 0 aliphatic heterocycles. The molecular formula is C12H15NO5S. The summed E-state index contributed by atoms with van der Waals surface area (Å²) in [5.74, 6) is -2.51. The van der Waals surface area contributed by atoms with Gasteiger partial charge in [0.1, 0.15) is 5.75 Å². The van der Waals surface area contributed by atoms with Gasteiger partial charge in [-0.1, -0.05) is 6.07 Å². The Balaban J connectivity index is 3.17. The van der Waals surface area contributed by atoms with E-state index in [1.807, 2.05) is 0 Å². The van der Waals surface area contributed by atoms with Gasteiger partial charge in [0, 0.05) is 6.54 Å². The number of nitrogens with one attached hydrogen (secondary N) is 1. The van der Waals surface area contributed by atoms with Gasteiger partial charge >= 0.3 is 5.97 Å². The number of carbonyl (C=O) groups excluding carboxylic acids is 1. The van der Waals surface area contributed by atoms with Crippen LogP contribution < -0.4 is 5.32 Å². The van der Waals surface area contributed by atoms with Gasteiger partial charge in [0.2, 0.25) is 5.91 Å². The second-order valence-electron chi connectivity index (χ2n) is 4.00. The van der Waals surface area contributed by atoms with Gasteiger partial charge in [0.25, 0.3) is 0 Å². The molecule has 7 heteroatoms. The molecule has 0 saturated heterocycles. The Morgan fingerprint density at radius 3 is 2.47 bits per heavy atom. The van der Waals surface area contributed by atoms with E-state index in [9.17, 15) is 18.0 Å². The van der Waals surface area contributed by atoms with Crippen molar-refractivity contribution in [3.8, 4) is 0 Å². The second-order valence-corrected chi connectivity index (χ2v) is 5.96. The zero-order valence-electron chi connectivity index (χ0n) is 10.6. The largest absolute Gasteiger partial charge is 0.478 e. The van der Waals surface area contributed by atoms with Crippen molar-refractivity contribution in [3.05, 3.63) is 29.3 Å². The summed E-state index contributed by atoms with van der Waals surface area (Å²) < 4.78 is 24.1. The summed E-state index contributed by atoms with van der Waals surface area (Å²) in [7, 11) is -3.84. The van der Waals surface area contributed by atoms with E-state index in [2.05, 4.69) is 5.32 Å². The quantitative estimate of drug-likeness (QED) is 0.825. The lowest BCUT2D eigenvalue weighted by atomic mass is 10.1. The van der Waals surface area contributed by atoms with Crippen LogP contribution in [0.15, 0.2) is 23.1 Å². The molecule has 0 saturated carbocycles. The van der Waals surface area contributed by atoms with Gasteiger partial charge in [0.15, 0.2) is 9.84 Å². The van der Waals surface area contributed by atoms with Gasteiger partial charge in [-0.05, 0) is 31.5 Å². The third-order valence-corrected chi connectivity index (χ3v) is 4.22. The Bertz CT molecular complexity index is 607. The molecule has 0 bridgehead atoms. The van der Waals surface area contributed by atoms with Gasteiger partial charge in [-0.2, -0.15) is 0 Å². The lowest BCUT2D eigenvalue weighted by Gasteiger charge is -2.08. The number of rotatable bonds is 5. The van der Waals surface area contributed by atoms with Gasteiger partial charge in [-0.15, -0.1) is 0 Å². The van der Waals surface area contributed by atoms with E-state index < -0.39 is 27.5 Å². The van der Waals surface area contributed by atoms with Crippen LogP contribution >= 0.6 is 0 Å². The van der Waals surface area contributed by atoms with Crippen molar-refractivity contribution in [2.45, 2.75) is 18.7 Å². The summed E-state index contributed by atoms with van der Waals surface area (Å²) in [6.45, 7) is 3.57. The number of carboxylic acids is 1. The van der Waals surface area contributed by atoms with Crippen molar-refractivity contribution < 1.29 is 23.1 Å². The first kappa shape index (κ1) is 15.2. The number of sulfone groups is 1. The zero-order chi connectivity index (χ0) is 14.6. The average molecular weight is 285 g/mol. The summed E-state index contributed by atoms with van der Waals surface area (Å²) >= 11 is 0. The van der Waals surface area contributed by atoms with Crippen molar-refractivity contribution in [1.29, 1.82) is 0 Å². The fraction of sp³-hybridized carbons (Fsp3) is 0.333. The van der Waals surface area contributed by atoms with Crippen LogP contribution in [0.2, 0.25) is 0 Å². The molecule has 0 aliphatic rings. The number of benzene rings is 1. The first-order chi connectivity index (χ1) is 8.77. The normalized spacial score (nSPS) is 11.1. The second kappa shape index (κ2) is 5.83. The summed E-state index contributed by atoms with van der Waals surface area (Å²) in [6.07, 6.45) is 0. The van der Waals surface area contributed by atoms with E-state index in [4.69, 9.17) is 5.11 Å². The molecule has 1 rings (SSSR count). The molecule has 0 spiro atoms. The van der Waals surface area contributed by atoms with Crippen LogP contribution in [0, 0.1) is 6.92 Å².